The summed E-state index contributed by atoms with van der Waals surface area (Å²) in [5, 5.41) is 0. The van der Waals surface area contributed by atoms with Crippen molar-refractivity contribution >= 4 is 5.91 Å². The van der Waals surface area contributed by atoms with E-state index in [4.69, 9.17) is 0 Å². The van der Waals surface area contributed by atoms with Crippen LogP contribution in [0.4, 0.5) is 0 Å². The summed E-state index contributed by atoms with van der Waals surface area (Å²) >= 11 is 0. The molecular formula is C14H22N4O2. The molecule has 1 fully saturated rings. The summed E-state index contributed by atoms with van der Waals surface area (Å²) in [7, 11) is 3.79. The highest BCUT2D eigenvalue weighted by atomic mass is 16.2. The summed E-state index contributed by atoms with van der Waals surface area (Å²) in [6.07, 6.45) is 1.74. The van der Waals surface area contributed by atoms with Crippen molar-refractivity contribution in [3.8, 4) is 0 Å². The molecule has 0 atom stereocenters. The van der Waals surface area contributed by atoms with Gasteiger partial charge in [-0.2, -0.15) is 0 Å². The molecule has 1 aromatic rings. The van der Waals surface area contributed by atoms with Gasteiger partial charge in [0, 0.05) is 25.1 Å². The van der Waals surface area contributed by atoms with E-state index >= 15 is 0 Å². The summed E-state index contributed by atoms with van der Waals surface area (Å²) in [5.41, 5.74) is 0.754. The Kier molecular flexibility index (Phi) is 4.54. The zero-order valence-electron chi connectivity index (χ0n) is 12.3. The fourth-order valence-electron chi connectivity index (χ4n) is 2.61. The number of nitrogens with one attached hydrogen (secondary N) is 1. The predicted molar refractivity (Wildman–Crippen MR) is 76.7 cm³/mol. The number of nitrogens with zero attached hydrogens (tertiary/aromatic N) is 3. The molecule has 2 rings (SSSR count). The number of H-pyrrole nitrogens is 1. The number of aryl methyl sites for hydroxylation is 1. The van der Waals surface area contributed by atoms with Gasteiger partial charge in [-0.3, -0.25) is 9.59 Å². The molecule has 1 saturated heterocycles. The quantitative estimate of drug-likeness (QED) is 0.866. The number of likely N-dealkylation sites (N-methyl/N-ethyl adjacent to an activating group) is 1. The lowest BCUT2D eigenvalue weighted by atomic mass is 9.93. The number of carbonyl (C=O) groups excluding carboxylic acids is 1. The fourth-order valence-corrected chi connectivity index (χ4v) is 2.61. The Hall–Kier alpha value is -1.69. The first-order valence-electron chi connectivity index (χ1n) is 6.96. The molecule has 0 radical (unpaired) electrons. The Labute approximate surface area is 118 Å². The second-order valence-corrected chi connectivity index (χ2v) is 5.65. The van der Waals surface area contributed by atoms with Crippen molar-refractivity contribution in [1.82, 2.24) is 19.8 Å². The molecule has 0 aliphatic carbocycles. The van der Waals surface area contributed by atoms with Crippen LogP contribution in [0.25, 0.3) is 0 Å². The Morgan fingerprint density at radius 1 is 1.45 bits per heavy atom. The molecule has 1 amide bonds. The second kappa shape index (κ2) is 6.17. The summed E-state index contributed by atoms with van der Waals surface area (Å²) in [6, 6.07) is 1.58. The zero-order chi connectivity index (χ0) is 14.7. The van der Waals surface area contributed by atoms with Crippen LogP contribution in [0.5, 0.6) is 0 Å². The molecule has 2 heterocycles. The van der Waals surface area contributed by atoms with Crippen LogP contribution in [0.3, 0.4) is 0 Å². The molecule has 110 valence electrons. The number of amides is 1. The van der Waals surface area contributed by atoms with Gasteiger partial charge in [-0.25, -0.2) is 4.98 Å². The minimum absolute atomic E-state index is 0.0985. The summed E-state index contributed by atoms with van der Waals surface area (Å²) in [6.45, 7) is 3.73. The summed E-state index contributed by atoms with van der Waals surface area (Å²) in [5.74, 6) is 1.10. The molecule has 1 N–H and O–H groups in total. The van der Waals surface area contributed by atoms with E-state index in [9.17, 15) is 9.59 Å². The lowest BCUT2D eigenvalue weighted by Crippen LogP contribution is -2.42. The van der Waals surface area contributed by atoms with E-state index in [-0.39, 0.29) is 17.4 Å². The van der Waals surface area contributed by atoms with Crippen LogP contribution < -0.4 is 5.56 Å². The third kappa shape index (κ3) is 3.66. The number of rotatable bonds is 3. The average Bonchev–Trinajstić information content (AvgIpc) is 2.37. The van der Waals surface area contributed by atoms with Gasteiger partial charge in [-0.15, -0.1) is 0 Å². The summed E-state index contributed by atoms with van der Waals surface area (Å²) < 4.78 is 0. The SMILES string of the molecule is Cc1nc(C2CCN(C(=O)CN(C)C)CC2)cc(=O)[nH]1. The number of carbonyl (C=O) groups is 1. The van der Waals surface area contributed by atoms with Crippen LogP contribution in [0.15, 0.2) is 10.9 Å². The van der Waals surface area contributed by atoms with Crippen molar-refractivity contribution in [2.45, 2.75) is 25.7 Å². The van der Waals surface area contributed by atoms with E-state index in [0.29, 0.717) is 12.4 Å². The normalized spacial score (nSPS) is 16.7. The largest absolute Gasteiger partial charge is 0.342 e. The van der Waals surface area contributed by atoms with Crippen LogP contribution in [-0.2, 0) is 4.79 Å². The van der Waals surface area contributed by atoms with Crippen LogP contribution in [0, 0.1) is 6.92 Å². The maximum absolute atomic E-state index is 12.0. The van der Waals surface area contributed by atoms with E-state index in [1.165, 1.54) is 0 Å². The van der Waals surface area contributed by atoms with E-state index in [1.54, 1.807) is 13.0 Å². The van der Waals surface area contributed by atoms with E-state index < -0.39 is 0 Å². The van der Waals surface area contributed by atoms with Crippen molar-refractivity contribution in [1.29, 1.82) is 0 Å². The Bertz CT molecular complexity index is 530. The van der Waals surface area contributed by atoms with Gasteiger partial charge in [-0.1, -0.05) is 0 Å². The van der Waals surface area contributed by atoms with Gasteiger partial charge in [-0.05, 0) is 33.9 Å². The molecule has 0 saturated carbocycles. The molecule has 1 aromatic heterocycles. The zero-order valence-corrected chi connectivity index (χ0v) is 12.3. The topological polar surface area (TPSA) is 69.3 Å². The van der Waals surface area contributed by atoms with Crippen LogP contribution in [0.1, 0.15) is 30.3 Å². The molecule has 6 nitrogen and oxygen atoms in total. The van der Waals surface area contributed by atoms with Gasteiger partial charge in [0.25, 0.3) is 5.56 Å². The van der Waals surface area contributed by atoms with Crippen molar-refractivity contribution < 1.29 is 4.79 Å². The lowest BCUT2D eigenvalue weighted by Gasteiger charge is -2.32. The average molecular weight is 278 g/mol. The van der Waals surface area contributed by atoms with Gasteiger partial charge in [0.1, 0.15) is 5.82 Å². The van der Waals surface area contributed by atoms with Crippen molar-refractivity contribution in [2.75, 3.05) is 33.7 Å². The first kappa shape index (κ1) is 14.7. The van der Waals surface area contributed by atoms with Crippen molar-refractivity contribution in [3.63, 3.8) is 0 Å². The van der Waals surface area contributed by atoms with Gasteiger partial charge in [0.05, 0.1) is 12.2 Å². The number of aromatic nitrogens is 2. The van der Waals surface area contributed by atoms with Gasteiger partial charge >= 0.3 is 0 Å². The molecule has 1 aliphatic rings. The minimum Gasteiger partial charge on any atom is -0.342 e. The van der Waals surface area contributed by atoms with Gasteiger partial charge in [0.2, 0.25) is 5.91 Å². The minimum atomic E-state index is -0.0985. The highest BCUT2D eigenvalue weighted by molar-refractivity contribution is 5.78. The first-order chi connectivity index (χ1) is 9.45. The maximum Gasteiger partial charge on any atom is 0.251 e. The predicted octanol–water partition coefficient (Wildman–Crippen LogP) is 0.346. The fraction of sp³-hybridized carbons (Fsp3) is 0.643. The highest BCUT2D eigenvalue weighted by Crippen LogP contribution is 2.25. The van der Waals surface area contributed by atoms with Crippen LogP contribution in [-0.4, -0.2) is 59.4 Å². The Balaban J connectivity index is 1.97. The molecule has 0 spiro atoms. The van der Waals surface area contributed by atoms with Crippen LogP contribution in [0.2, 0.25) is 0 Å². The molecule has 6 heteroatoms. The second-order valence-electron chi connectivity index (χ2n) is 5.65. The van der Waals surface area contributed by atoms with Crippen molar-refractivity contribution in [2.24, 2.45) is 0 Å². The van der Waals surface area contributed by atoms with Gasteiger partial charge in [0.15, 0.2) is 0 Å². The number of hydrogen-bond acceptors (Lipinski definition) is 4. The summed E-state index contributed by atoms with van der Waals surface area (Å²) in [4.78, 5) is 34.3. The van der Waals surface area contributed by atoms with E-state index in [2.05, 4.69) is 9.97 Å². The van der Waals surface area contributed by atoms with E-state index in [1.807, 2.05) is 23.9 Å². The molecule has 1 aliphatic heterocycles. The van der Waals surface area contributed by atoms with Gasteiger partial charge < -0.3 is 14.8 Å². The molecular weight excluding hydrogens is 256 g/mol. The number of piperidine rings is 1. The lowest BCUT2D eigenvalue weighted by molar-refractivity contribution is -0.132. The standard InChI is InChI=1S/C14H22N4O2/c1-10-15-12(8-13(19)16-10)11-4-6-18(7-5-11)14(20)9-17(2)3/h8,11H,4-7,9H2,1-3H3,(H,15,16,19). The molecule has 0 bridgehead atoms. The highest BCUT2D eigenvalue weighted by Gasteiger charge is 2.25. The third-order valence-corrected chi connectivity index (χ3v) is 3.60. The van der Waals surface area contributed by atoms with Crippen LogP contribution >= 0.6 is 0 Å². The smallest absolute Gasteiger partial charge is 0.251 e. The first-order valence-corrected chi connectivity index (χ1v) is 6.96. The molecule has 0 aromatic carbocycles. The monoisotopic (exact) mass is 278 g/mol. The Morgan fingerprint density at radius 2 is 2.10 bits per heavy atom. The Morgan fingerprint density at radius 3 is 2.65 bits per heavy atom. The molecule has 20 heavy (non-hydrogen) atoms. The van der Waals surface area contributed by atoms with Crippen molar-refractivity contribution in [3.05, 3.63) is 27.9 Å². The molecule has 0 unspecified atom stereocenters. The number of hydrogen-bond donors (Lipinski definition) is 1. The number of aromatic amines is 1. The number of likely N-dealkylation sites (tertiary alicyclic amines) is 1. The van der Waals surface area contributed by atoms with E-state index in [0.717, 1.165) is 31.6 Å². The third-order valence-electron chi connectivity index (χ3n) is 3.60. The maximum atomic E-state index is 12.0.